The van der Waals surface area contributed by atoms with Crippen LogP contribution in [-0.4, -0.2) is 23.1 Å². The number of hydrogen-bond acceptors (Lipinski definition) is 4. The van der Waals surface area contributed by atoms with E-state index in [2.05, 4.69) is 0 Å². The monoisotopic (exact) mass is 394 g/mol. The van der Waals surface area contributed by atoms with Crippen LogP contribution in [0.1, 0.15) is 84.6 Å². The highest BCUT2D eigenvalue weighted by Gasteiger charge is 2.19. The van der Waals surface area contributed by atoms with Crippen molar-refractivity contribution in [3.05, 3.63) is 70.8 Å². The van der Waals surface area contributed by atoms with Gasteiger partial charge in [-0.1, -0.05) is 57.2 Å². The van der Waals surface area contributed by atoms with Crippen molar-refractivity contribution in [3.8, 4) is 0 Å². The molecule has 0 aliphatic rings. The van der Waals surface area contributed by atoms with E-state index in [0.717, 1.165) is 5.56 Å². The van der Waals surface area contributed by atoms with Crippen LogP contribution < -0.4 is 0 Å². The second-order valence-corrected chi connectivity index (χ2v) is 9.54. The predicted molar refractivity (Wildman–Crippen MR) is 114 cm³/mol. The molecule has 0 aromatic heterocycles. The quantitative estimate of drug-likeness (QED) is 0.467. The smallest absolute Gasteiger partial charge is 0.338 e. The van der Waals surface area contributed by atoms with Crippen molar-refractivity contribution >= 4 is 17.5 Å². The van der Waals surface area contributed by atoms with Gasteiger partial charge in [-0.25, -0.2) is 4.79 Å². The second kappa shape index (κ2) is 8.73. The third-order valence-electron chi connectivity index (χ3n) is 4.17. The highest BCUT2D eigenvalue weighted by atomic mass is 16.6. The van der Waals surface area contributed by atoms with E-state index in [9.17, 15) is 14.4 Å². The fourth-order valence-corrected chi connectivity index (χ4v) is 2.81. The molecule has 0 aliphatic carbocycles. The average molecular weight is 395 g/mol. The molecule has 154 valence electrons. The number of Topliss-reactive ketones (excluding diaryl/α,β-unsaturated/α-hetero) is 2. The Morgan fingerprint density at radius 2 is 1.14 bits per heavy atom. The van der Waals surface area contributed by atoms with Crippen LogP contribution in [0.2, 0.25) is 0 Å². The zero-order valence-corrected chi connectivity index (χ0v) is 18.2. The van der Waals surface area contributed by atoms with Crippen molar-refractivity contribution < 1.29 is 19.1 Å². The number of ether oxygens (including phenoxy) is 1. The van der Waals surface area contributed by atoms with Gasteiger partial charge in [0.1, 0.15) is 5.60 Å². The molecule has 0 aliphatic heterocycles. The molecule has 0 saturated carbocycles. The average Bonchev–Trinajstić information content (AvgIpc) is 2.59. The lowest BCUT2D eigenvalue weighted by Gasteiger charge is -2.19. The van der Waals surface area contributed by atoms with E-state index in [1.807, 2.05) is 53.7 Å². The van der Waals surface area contributed by atoms with Crippen molar-refractivity contribution in [1.82, 2.24) is 0 Å². The molecule has 4 nitrogen and oxygen atoms in total. The standard InChI is InChI=1S/C25H30O4/c1-24(2,3)16-22(27)19-9-7-17(8-10-19)15-21(26)18-11-13-20(14-12-18)23(28)29-25(4,5)6/h7-14H,15-16H2,1-6H3. The van der Waals surface area contributed by atoms with E-state index in [1.165, 1.54) is 0 Å². The molecule has 0 amide bonds. The maximum atomic E-state index is 12.5. The minimum Gasteiger partial charge on any atom is -0.456 e. The molecule has 0 bridgehead atoms. The lowest BCUT2D eigenvalue weighted by molar-refractivity contribution is 0.00692. The minimum atomic E-state index is -0.563. The minimum absolute atomic E-state index is 0.0468. The Kier molecular flexibility index (Phi) is 6.78. The first-order valence-electron chi connectivity index (χ1n) is 9.83. The fraction of sp³-hybridized carbons (Fsp3) is 0.400. The van der Waals surface area contributed by atoms with Gasteiger partial charge in [-0.15, -0.1) is 0 Å². The Balaban J connectivity index is 2.01. The zero-order valence-electron chi connectivity index (χ0n) is 18.2. The van der Waals surface area contributed by atoms with Crippen LogP contribution in [0, 0.1) is 5.41 Å². The van der Waals surface area contributed by atoms with Gasteiger partial charge in [0.05, 0.1) is 5.56 Å². The van der Waals surface area contributed by atoms with Crippen LogP contribution in [0.15, 0.2) is 48.5 Å². The molecule has 0 N–H and O–H groups in total. The van der Waals surface area contributed by atoms with Gasteiger partial charge in [0.2, 0.25) is 0 Å². The van der Waals surface area contributed by atoms with Crippen LogP contribution in [0.4, 0.5) is 0 Å². The Bertz CT molecular complexity index is 876. The number of ketones is 2. The van der Waals surface area contributed by atoms with Crippen LogP contribution >= 0.6 is 0 Å². The molecule has 4 heteroatoms. The first-order chi connectivity index (χ1) is 13.3. The SMILES string of the molecule is CC(C)(C)CC(=O)c1ccc(CC(=O)c2ccc(C(=O)OC(C)(C)C)cc2)cc1. The molecule has 0 saturated heterocycles. The number of hydrogen-bond donors (Lipinski definition) is 0. The van der Waals surface area contributed by atoms with E-state index in [0.29, 0.717) is 23.1 Å². The van der Waals surface area contributed by atoms with E-state index in [4.69, 9.17) is 4.74 Å². The number of esters is 1. The summed E-state index contributed by atoms with van der Waals surface area (Å²) in [6.07, 6.45) is 0.717. The lowest BCUT2D eigenvalue weighted by atomic mass is 9.87. The van der Waals surface area contributed by atoms with Gasteiger partial charge >= 0.3 is 5.97 Å². The van der Waals surface area contributed by atoms with Gasteiger partial charge < -0.3 is 4.74 Å². The molecule has 29 heavy (non-hydrogen) atoms. The first-order valence-corrected chi connectivity index (χ1v) is 9.83. The Hall–Kier alpha value is -2.75. The van der Waals surface area contributed by atoms with Gasteiger partial charge in [0.25, 0.3) is 0 Å². The molecule has 2 aromatic rings. The van der Waals surface area contributed by atoms with Crippen molar-refractivity contribution in [2.75, 3.05) is 0 Å². The predicted octanol–water partition coefficient (Wildman–Crippen LogP) is 5.69. The topological polar surface area (TPSA) is 60.4 Å². The maximum Gasteiger partial charge on any atom is 0.338 e. The number of rotatable bonds is 6. The van der Waals surface area contributed by atoms with E-state index >= 15 is 0 Å². The summed E-state index contributed by atoms with van der Waals surface area (Å²) in [4.78, 5) is 36.9. The third-order valence-corrected chi connectivity index (χ3v) is 4.17. The molecular formula is C25H30O4. The molecule has 2 aromatic carbocycles. The fourth-order valence-electron chi connectivity index (χ4n) is 2.81. The summed E-state index contributed by atoms with van der Waals surface area (Å²) in [6.45, 7) is 11.5. The number of benzene rings is 2. The van der Waals surface area contributed by atoms with Gasteiger partial charge in [0, 0.05) is 24.0 Å². The summed E-state index contributed by atoms with van der Waals surface area (Å²) in [5.74, 6) is -0.352. The first kappa shape index (κ1) is 22.5. The molecule has 0 spiro atoms. The summed E-state index contributed by atoms with van der Waals surface area (Å²) in [7, 11) is 0. The molecular weight excluding hydrogens is 364 g/mol. The second-order valence-electron chi connectivity index (χ2n) is 9.54. The van der Waals surface area contributed by atoms with E-state index < -0.39 is 11.6 Å². The van der Waals surface area contributed by atoms with Crippen LogP contribution in [0.5, 0.6) is 0 Å². The Labute approximate surface area is 173 Å². The molecule has 0 heterocycles. The normalized spacial score (nSPS) is 11.8. The van der Waals surface area contributed by atoms with Gasteiger partial charge in [-0.2, -0.15) is 0 Å². The summed E-state index contributed by atoms with van der Waals surface area (Å²) in [6, 6.07) is 13.7. The van der Waals surface area contributed by atoms with E-state index in [-0.39, 0.29) is 23.4 Å². The van der Waals surface area contributed by atoms with E-state index in [1.54, 1.807) is 36.4 Å². The summed E-state index contributed by atoms with van der Waals surface area (Å²) in [5.41, 5.74) is 1.84. The Morgan fingerprint density at radius 1 is 0.690 bits per heavy atom. The van der Waals surface area contributed by atoms with Crippen molar-refractivity contribution in [1.29, 1.82) is 0 Å². The van der Waals surface area contributed by atoms with Gasteiger partial charge in [-0.3, -0.25) is 9.59 Å². The summed E-state index contributed by atoms with van der Waals surface area (Å²) < 4.78 is 5.33. The van der Waals surface area contributed by atoms with Crippen molar-refractivity contribution in [2.24, 2.45) is 5.41 Å². The molecule has 2 rings (SSSR count). The highest BCUT2D eigenvalue weighted by molar-refractivity contribution is 5.99. The van der Waals surface area contributed by atoms with Crippen molar-refractivity contribution in [3.63, 3.8) is 0 Å². The van der Waals surface area contributed by atoms with Gasteiger partial charge in [0.15, 0.2) is 11.6 Å². The molecule has 0 radical (unpaired) electrons. The molecule has 0 unspecified atom stereocenters. The van der Waals surface area contributed by atoms with Crippen molar-refractivity contribution in [2.45, 2.75) is 60.0 Å². The lowest BCUT2D eigenvalue weighted by Crippen LogP contribution is -2.23. The summed E-state index contributed by atoms with van der Waals surface area (Å²) in [5, 5.41) is 0. The summed E-state index contributed by atoms with van der Waals surface area (Å²) >= 11 is 0. The van der Waals surface area contributed by atoms with Crippen LogP contribution in [-0.2, 0) is 11.2 Å². The van der Waals surface area contributed by atoms with Gasteiger partial charge in [-0.05, 0) is 43.9 Å². The third kappa shape index (κ3) is 7.30. The largest absolute Gasteiger partial charge is 0.456 e. The Morgan fingerprint density at radius 3 is 1.62 bits per heavy atom. The van der Waals surface area contributed by atoms with Crippen LogP contribution in [0.25, 0.3) is 0 Å². The van der Waals surface area contributed by atoms with Crippen LogP contribution in [0.3, 0.4) is 0 Å². The molecule has 0 fully saturated rings. The zero-order chi connectivity index (χ0) is 21.8. The number of carbonyl (C=O) groups is 3. The molecule has 0 atom stereocenters. The maximum absolute atomic E-state index is 12.5. The highest BCUT2D eigenvalue weighted by Crippen LogP contribution is 2.22. The number of carbonyl (C=O) groups excluding carboxylic acids is 3.